The topological polar surface area (TPSA) is 154 Å². The fraction of sp³-hybridized carbons (Fsp3) is 0.312. The molecule has 2 heterocycles. The third kappa shape index (κ3) is 8.18. The molecule has 0 aliphatic heterocycles. The summed E-state index contributed by atoms with van der Waals surface area (Å²) >= 11 is 0. The van der Waals surface area contributed by atoms with Crippen molar-refractivity contribution in [2.75, 3.05) is 30.1 Å². The van der Waals surface area contributed by atoms with Crippen molar-refractivity contribution in [3.63, 3.8) is 0 Å². The highest BCUT2D eigenvalue weighted by Gasteiger charge is 2.21. The molecule has 0 saturated carbocycles. The van der Waals surface area contributed by atoms with E-state index in [-0.39, 0.29) is 50.0 Å². The maximum absolute atomic E-state index is 13.6. The summed E-state index contributed by atoms with van der Waals surface area (Å²) in [6, 6.07) is 18.1. The van der Waals surface area contributed by atoms with Crippen LogP contribution in [0.5, 0.6) is 0 Å². The molecular formula is C32H37N7O5. The minimum atomic E-state index is -0.380. The Bertz CT molecular complexity index is 1620. The van der Waals surface area contributed by atoms with Crippen LogP contribution in [-0.4, -0.2) is 58.1 Å². The Morgan fingerprint density at radius 1 is 0.977 bits per heavy atom. The van der Waals surface area contributed by atoms with Gasteiger partial charge < -0.3 is 25.1 Å². The van der Waals surface area contributed by atoms with Gasteiger partial charge in [-0.25, -0.2) is 15.0 Å². The fourth-order valence-corrected chi connectivity index (χ4v) is 4.45. The predicted octanol–water partition coefficient (Wildman–Crippen LogP) is 4.19. The first-order chi connectivity index (χ1) is 21.3. The van der Waals surface area contributed by atoms with Gasteiger partial charge in [0.2, 0.25) is 0 Å². The van der Waals surface area contributed by atoms with Crippen LogP contribution in [0.4, 0.5) is 11.5 Å². The van der Waals surface area contributed by atoms with Crippen molar-refractivity contribution in [1.29, 1.82) is 0 Å². The average molecular weight is 600 g/mol. The smallest absolute Gasteiger partial charge is 0.307 e. The molecule has 0 fully saturated rings. The predicted molar refractivity (Wildman–Crippen MR) is 168 cm³/mol. The Hall–Kier alpha value is -5.26. The second-order valence-corrected chi connectivity index (χ2v) is 9.86. The summed E-state index contributed by atoms with van der Waals surface area (Å²) in [7, 11) is 1.92. The van der Waals surface area contributed by atoms with E-state index in [1.165, 1.54) is 4.90 Å². The number of hydrogen-bond acceptors (Lipinski definition) is 9. The average Bonchev–Trinajstić information content (AvgIpc) is 3.35. The van der Waals surface area contributed by atoms with E-state index in [0.717, 1.165) is 17.0 Å². The number of carbonyl (C=O) groups excluding carboxylic acids is 3. The highest BCUT2D eigenvalue weighted by molar-refractivity contribution is 6.07. The Morgan fingerprint density at radius 3 is 2.43 bits per heavy atom. The number of ether oxygens (including phenoxy) is 2. The maximum atomic E-state index is 13.6. The number of esters is 2. The molecule has 2 aromatic heterocycles. The number of benzene rings is 2. The number of carbonyl (C=O) groups is 3. The first-order valence-corrected chi connectivity index (χ1v) is 14.4. The third-order valence-corrected chi connectivity index (χ3v) is 6.78. The number of aliphatic imine (C=N–C) groups is 1. The zero-order valence-corrected chi connectivity index (χ0v) is 25.2. The van der Waals surface area contributed by atoms with Gasteiger partial charge in [-0.15, -0.1) is 0 Å². The van der Waals surface area contributed by atoms with Gasteiger partial charge in [-0.2, -0.15) is 0 Å². The molecule has 0 aliphatic carbocycles. The molecule has 0 spiro atoms. The van der Waals surface area contributed by atoms with Gasteiger partial charge in [0.05, 0.1) is 30.6 Å². The number of hydrogen-bond donors (Lipinski definition) is 2. The molecule has 0 unspecified atom stereocenters. The lowest BCUT2D eigenvalue weighted by atomic mass is 10.1. The van der Waals surface area contributed by atoms with E-state index < -0.39 is 0 Å². The molecule has 0 atom stereocenters. The monoisotopic (exact) mass is 599 g/mol. The van der Waals surface area contributed by atoms with Gasteiger partial charge in [-0.05, 0) is 67.9 Å². The lowest BCUT2D eigenvalue weighted by Gasteiger charge is -2.21. The molecule has 4 rings (SSSR count). The van der Waals surface area contributed by atoms with E-state index in [9.17, 15) is 14.4 Å². The number of amides is 1. The van der Waals surface area contributed by atoms with E-state index in [0.29, 0.717) is 41.8 Å². The van der Waals surface area contributed by atoms with Crippen molar-refractivity contribution in [2.45, 2.75) is 39.7 Å². The molecule has 1 amide bonds. The Balaban J connectivity index is 1.44. The maximum Gasteiger partial charge on any atom is 0.307 e. The van der Waals surface area contributed by atoms with E-state index in [1.54, 1.807) is 43.5 Å². The zero-order chi connectivity index (χ0) is 31.5. The zero-order valence-electron chi connectivity index (χ0n) is 25.2. The van der Waals surface area contributed by atoms with Gasteiger partial charge in [0.25, 0.3) is 5.91 Å². The number of aromatic nitrogens is 3. The van der Waals surface area contributed by atoms with Gasteiger partial charge in [-0.1, -0.05) is 13.0 Å². The molecule has 0 aliphatic rings. The first-order valence-electron chi connectivity index (χ1n) is 14.4. The van der Waals surface area contributed by atoms with Crippen molar-refractivity contribution in [2.24, 2.45) is 17.8 Å². The van der Waals surface area contributed by atoms with Crippen molar-refractivity contribution in [3.8, 4) is 0 Å². The lowest BCUT2D eigenvalue weighted by Crippen LogP contribution is -2.34. The normalized spacial score (nSPS) is 11.3. The largest absolute Gasteiger partial charge is 0.466 e. The number of anilines is 2. The Morgan fingerprint density at radius 2 is 1.73 bits per heavy atom. The highest BCUT2D eigenvalue weighted by atomic mass is 16.5. The van der Waals surface area contributed by atoms with E-state index in [4.69, 9.17) is 20.2 Å². The molecule has 4 aromatic rings. The minimum absolute atomic E-state index is 0.0483. The van der Waals surface area contributed by atoms with Crippen molar-refractivity contribution >= 4 is 46.2 Å². The van der Waals surface area contributed by atoms with Crippen LogP contribution in [0.2, 0.25) is 0 Å². The highest BCUT2D eigenvalue weighted by Crippen LogP contribution is 2.21. The molecular weight excluding hydrogens is 562 g/mol. The molecule has 3 N–H and O–H groups in total. The van der Waals surface area contributed by atoms with Crippen LogP contribution in [0.15, 0.2) is 71.9 Å². The number of imidazole rings is 1. The van der Waals surface area contributed by atoms with Gasteiger partial charge >= 0.3 is 11.9 Å². The first kappa shape index (κ1) is 31.7. The molecule has 230 valence electrons. The molecule has 0 saturated heterocycles. The van der Waals surface area contributed by atoms with E-state index in [2.05, 4.69) is 15.3 Å². The minimum Gasteiger partial charge on any atom is -0.466 e. The van der Waals surface area contributed by atoms with Gasteiger partial charge in [0, 0.05) is 43.0 Å². The number of amidine groups is 1. The van der Waals surface area contributed by atoms with Crippen molar-refractivity contribution in [3.05, 3.63) is 83.8 Å². The molecule has 0 bridgehead atoms. The van der Waals surface area contributed by atoms with E-state index >= 15 is 0 Å². The van der Waals surface area contributed by atoms with Crippen LogP contribution in [0.1, 0.15) is 54.9 Å². The third-order valence-electron chi connectivity index (χ3n) is 6.78. The summed E-state index contributed by atoms with van der Waals surface area (Å²) in [5.74, 6) is 0.529. The summed E-state index contributed by atoms with van der Waals surface area (Å²) < 4.78 is 12.0. The van der Waals surface area contributed by atoms with Crippen LogP contribution in [0, 0.1) is 0 Å². The van der Waals surface area contributed by atoms with Crippen molar-refractivity contribution < 1.29 is 23.9 Å². The Kier molecular flexibility index (Phi) is 11.0. The number of nitrogens with two attached hydrogens (primary N) is 1. The van der Waals surface area contributed by atoms with Gasteiger partial charge in [0.15, 0.2) is 6.73 Å². The molecule has 0 radical (unpaired) electrons. The fourth-order valence-electron chi connectivity index (χ4n) is 4.45. The molecule has 12 heteroatoms. The lowest BCUT2D eigenvalue weighted by molar-refractivity contribution is -0.144. The van der Waals surface area contributed by atoms with Crippen LogP contribution in [0.25, 0.3) is 11.0 Å². The van der Waals surface area contributed by atoms with Crippen LogP contribution in [-0.2, 0) is 32.7 Å². The summed E-state index contributed by atoms with van der Waals surface area (Å²) in [5, 5.41) is 3.36. The van der Waals surface area contributed by atoms with Gasteiger partial charge in [-0.3, -0.25) is 19.3 Å². The van der Waals surface area contributed by atoms with Gasteiger partial charge in [0.1, 0.15) is 17.5 Å². The number of aryl methyl sites for hydroxylation is 1. The second-order valence-electron chi connectivity index (χ2n) is 9.86. The van der Waals surface area contributed by atoms with Crippen LogP contribution in [0.3, 0.4) is 0 Å². The second kappa shape index (κ2) is 15.3. The van der Waals surface area contributed by atoms with Crippen LogP contribution >= 0.6 is 0 Å². The molecule has 12 nitrogen and oxygen atoms in total. The summed E-state index contributed by atoms with van der Waals surface area (Å²) in [4.78, 5) is 51.8. The number of fused-ring (bicyclic) bond motifs is 1. The van der Waals surface area contributed by atoms with Crippen molar-refractivity contribution in [1.82, 2.24) is 14.5 Å². The quantitative estimate of drug-likeness (QED) is 0.123. The molecule has 44 heavy (non-hydrogen) atoms. The summed E-state index contributed by atoms with van der Waals surface area (Å²) in [6.45, 7) is 4.38. The Labute approximate surface area is 255 Å². The number of nitrogens with zero attached hydrogens (tertiary/aromatic N) is 5. The SMILES string of the molecule is CCCC(=O)OC/N=C(/N)c1ccc(NCc2nc3cc(C(=O)N(CCC(=O)OCC)c4ccccn4)ccc3n2C)cc1. The molecule has 2 aromatic carbocycles. The summed E-state index contributed by atoms with van der Waals surface area (Å²) in [6.07, 6.45) is 2.72. The number of nitrogens with one attached hydrogen (secondary N) is 1. The standard InChI is InChI=1S/C32H37N7O5/c1-4-8-29(40)44-21-36-31(33)22-10-13-24(14-11-22)35-20-28-37-25-19-23(12-15-26(25)38(28)3)32(42)39(18-16-30(41)43-5-2)27-9-6-7-17-34-27/h6-7,9-15,17,19,35H,4-5,8,16,18,20-21H2,1-3H3,(H2,33,36). The number of pyridine rings is 1. The number of rotatable bonds is 14. The summed E-state index contributed by atoms with van der Waals surface area (Å²) in [5.41, 5.74) is 9.57. The van der Waals surface area contributed by atoms with E-state index in [1.807, 2.05) is 48.9 Å². The van der Waals surface area contributed by atoms with Crippen LogP contribution < -0.4 is 16.0 Å².